The van der Waals surface area contributed by atoms with Gasteiger partial charge in [0.25, 0.3) is 5.91 Å². The molecule has 0 aliphatic carbocycles. The first-order chi connectivity index (χ1) is 12.1. The van der Waals surface area contributed by atoms with Crippen LogP contribution in [-0.2, 0) is 24.2 Å². The monoisotopic (exact) mass is 354 g/mol. The number of hydrogen-bond donors (Lipinski definition) is 0. The highest BCUT2D eigenvalue weighted by Crippen LogP contribution is 2.23. The van der Waals surface area contributed by atoms with Gasteiger partial charge in [-0.2, -0.15) is 4.99 Å². The van der Waals surface area contributed by atoms with Crippen LogP contribution in [0, 0.1) is 0 Å². The molecular formula is C20H22N2O2S. The van der Waals surface area contributed by atoms with Crippen molar-refractivity contribution in [2.75, 3.05) is 7.11 Å². The molecule has 0 atom stereocenters. The number of aryl methyl sites for hydroxylation is 2. The Morgan fingerprint density at radius 1 is 1.12 bits per heavy atom. The minimum Gasteiger partial charge on any atom is -0.497 e. The molecule has 2 aromatic carbocycles. The zero-order valence-corrected chi connectivity index (χ0v) is 15.6. The third-order valence-corrected chi connectivity index (χ3v) is 5.25. The van der Waals surface area contributed by atoms with Crippen LogP contribution in [0.4, 0.5) is 0 Å². The second-order valence-corrected chi connectivity index (χ2v) is 6.82. The topological polar surface area (TPSA) is 43.6 Å². The summed E-state index contributed by atoms with van der Waals surface area (Å²) >= 11 is 1.52. The van der Waals surface area contributed by atoms with Crippen molar-refractivity contribution in [3.63, 3.8) is 0 Å². The number of thiazole rings is 1. The average molecular weight is 354 g/mol. The van der Waals surface area contributed by atoms with E-state index in [0.29, 0.717) is 6.42 Å². The van der Waals surface area contributed by atoms with Crippen LogP contribution in [0.1, 0.15) is 25.0 Å². The first kappa shape index (κ1) is 17.4. The summed E-state index contributed by atoms with van der Waals surface area (Å²) in [5.74, 6) is 0.691. The molecule has 1 heterocycles. The van der Waals surface area contributed by atoms with E-state index in [1.165, 1.54) is 16.9 Å². The highest BCUT2D eigenvalue weighted by Gasteiger charge is 2.08. The lowest BCUT2D eigenvalue weighted by atomic mass is 10.1. The molecule has 0 fully saturated rings. The molecule has 25 heavy (non-hydrogen) atoms. The summed E-state index contributed by atoms with van der Waals surface area (Å²) in [5, 5.41) is 0. The summed E-state index contributed by atoms with van der Waals surface area (Å²) in [6, 6.07) is 14.1. The Balaban J connectivity index is 1.92. The predicted molar refractivity (Wildman–Crippen MR) is 102 cm³/mol. The predicted octanol–water partition coefficient (Wildman–Crippen LogP) is 3.96. The van der Waals surface area contributed by atoms with E-state index in [4.69, 9.17) is 4.74 Å². The summed E-state index contributed by atoms with van der Waals surface area (Å²) in [4.78, 5) is 17.5. The zero-order valence-electron chi connectivity index (χ0n) is 14.8. The van der Waals surface area contributed by atoms with Crippen LogP contribution in [0.25, 0.3) is 10.2 Å². The molecule has 0 bridgehead atoms. The summed E-state index contributed by atoms with van der Waals surface area (Å²) in [5.41, 5.74) is 3.35. The maximum absolute atomic E-state index is 12.4. The number of hydrogen-bond acceptors (Lipinski definition) is 3. The van der Waals surface area contributed by atoms with Gasteiger partial charge in [-0.1, -0.05) is 42.5 Å². The van der Waals surface area contributed by atoms with Crippen LogP contribution in [0.15, 0.2) is 47.5 Å². The van der Waals surface area contributed by atoms with E-state index in [1.807, 2.05) is 30.3 Å². The molecule has 0 spiro atoms. The standard InChI is InChI=1S/C20H22N2O2S/c1-4-14-6-8-15(9-7-14)12-19(23)21-20-22(5-2)17-11-10-16(24-3)13-18(17)25-20/h6-11,13H,4-5,12H2,1-3H3. The minimum absolute atomic E-state index is 0.120. The molecule has 5 heteroatoms. The van der Waals surface area contributed by atoms with Gasteiger partial charge in [0.2, 0.25) is 0 Å². The Morgan fingerprint density at radius 2 is 1.84 bits per heavy atom. The first-order valence-electron chi connectivity index (χ1n) is 8.47. The van der Waals surface area contributed by atoms with Gasteiger partial charge < -0.3 is 9.30 Å². The van der Waals surface area contributed by atoms with Crippen LogP contribution in [0.5, 0.6) is 5.75 Å². The lowest BCUT2D eigenvalue weighted by Gasteiger charge is -2.02. The largest absolute Gasteiger partial charge is 0.497 e. The molecule has 0 aliphatic rings. The van der Waals surface area contributed by atoms with Crippen molar-refractivity contribution in [3.05, 3.63) is 58.4 Å². The van der Waals surface area contributed by atoms with Crippen molar-refractivity contribution >= 4 is 27.5 Å². The molecule has 0 aliphatic heterocycles. The number of amides is 1. The summed E-state index contributed by atoms with van der Waals surface area (Å²) in [6.07, 6.45) is 1.33. The van der Waals surface area contributed by atoms with Crippen LogP contribution in [0.3, 0.4) is 0 Å². The summed E-state index contributed by atoms with van der Waals surface area (Å²) in [7, 11) is 1.65. The molecule has 3 aromatic rings. The smallest absolute Gasteiger partial charge is 0.252 e. The minimum atomic E-state index is -0.120. The Labute approximate surface area is 151 Å². The molecule has 0 unspecified atom stereocenters. The molecule has 0 radical (unpaired) electrons. The molecular weight excluding hydrogens is 332 g/mol. The van der Waals surface area contributed by atoms with E-state index in [1.54, 1.807) is 7.11 Å². The Kier molecular flexibility index (Phi) is 5.34. The number of nitrogens with zero attached hydrogens (tertiary/aromatic N) is 2. The molecule has 0 N–H and O–H groups in total. The van der Waals surface area contributed by atoms with Crippen molar-refractivity contribution in [2.24, 2.45) is 4.99 Å². The Hall–Kier alpha value is -2.40. The number of aromatic nitrogens is 1. The second-order valence-electron chi connectivity index (χ2n) is 5.81. The number of ether oxygens (including phenoxy) is 1. The van der Waals surface area contributed by atoms with Gasteiger partial charge in [0.15, 0.2) is 4.80 Å². The van der Waals surface area contributed by atoms with Crippen molar-refractivity contribution in [1.29, 1.82) is 0 Å². The fraction of sp³-hybridized carbons (Fsp3) is 0.300. The molecule has 4 nitrogen and oxygen atoms in total. The highest BCUT2D eigenvalue weighted by atomic mass is 32.1. The van der Waals surface area contributed by atoms with Gasteiger partial charge in [0, 0.05) is 6.54 Å². The number of carbonyl (C=O) groups is 1. The third kappa shape index (κ3) is 3.82. The van der Waals surface area contributed by atoms with Gasteiger partial charge in [-0.05, 0) is 42.7 Å². The first-order valence-corrected chi connectivity index (χ1v) is 9.29. The average Bonchev–Trinajstić information content (AvgIpc) is 2.97. The van der Waals surface area contributed by atoms with Gasteiger partial charge in [0.1, 0.15) is 5.75 Å². The lowest BCUT2D eigenvalue weighted by Crippen LogP contribution is -2.16. The molecule has 0 saturated heterocycles. The molecule has 1 amide bonds. The third-order valence-electron chi connectivity index (χ3n) is 4.21. The normalized spacial score (nSPS) is 11.9. The zero-order chi connectivity index (χ0) is 17.8. The van der Waals surface area contributed by atoms with Crippen molar-refractivity contribution < 1.29 is 9.53 Å². The quantitative estimate of drug-likeness (QED) is 0.696. The number of methoxy groups -OCH3 is 1. The lowest BCUT2D eigenvalue weighted by molar-refractivity contribution is -0.117. The van der Waals surface area contributed by atoms with Crippen molar-refractivity contribution in [1.82, 2.24) is 4.57 Å². The van der Waals surface area contributed by atoms with E-state index >= 15 is 0 Å². The highest BCUT2D eigenvalue weighted by molar-refractivity contribution is 7.16. The number of carbonyl (C=O) groups excluding carboxylic acids is 1. The molecule has 3 rings (SSSR count). The summed E-state index contributed by atoms with van der Waals surface area (Å²) in [6.45, 7) is 4.95. The van der Waals surface area contributed by atoms with Gasteiger partial charge in [-0.15, -0.1) is 0 Å². The maximum Gasteiger partial charge on any atom is 0.252 e. The van der Waals surface area contributed by atoms with Crippen LogP contribution in [-0.4, -0.2) is 17.6 Å². The fourth-order valence-electron chi connectivity index (χ4n) is 2.79. The van der Waals surface area contributed by atoms with Crippen LogP contribution < -0.4 is 9.54 Å². The maximum atomic E-state index is 12.4. The van der Waals surface area contributed by atoms with Crippen LogP contribution >= 0.6 is 11.3 Å². The SMILES string of the molecule is CCc1ccc(CC(=O)N=c2sc3cc(OC)ccc3n2CC)cc1. The van der Waals surface area contributed by atoms with Gasteiger partial charge >= 0.3 is 0 Å². The summed E-state index contributed by atoms with van der Waals surface area (Å²) < 4.78 is 8.42. The van der Waals surface area contributed by atoms with Gasteiger partial charge in [-0.25, -0.2) is 0 Å². The van der Waals surface area contributed by atoms with E-state index in [-0.39, 0.29) is 5.91 Å². The fourth-order valence-corrected chi connectivity index (χ4v) is 3.92. The van der Waals surface area contributed by atoms with E-state index in [0.717, 1.165) is 39.3 Å². The second kappa shape index (κ2) is 7.66. The van der Waals surface area contributed by atoms with Crippen molar-refractivity contribution in [3.8, 4) is 5.75 Å². The number of rotatable bonds is 5. The van der Waals surface area contributed by atoms with E-state index in [9.17, 15) is 4.79 Å². The van der Waals surface area contributed by atoms with Gasteiger partial charge in [0.05, 0.1) is 23.7 Å². The van der Waals surface area contributed by atoms with Crippen LogP contribution in [0.2, 0.25) is 0 Å². The number of benzene rings is 2. The molecule has 1 aromatic heterocycles. The Morgan fingerprint density at radius 3 is 2.48 bits per heavy atom. The Bertz CT molecular complexity index is 952. The molecule has 0 saturated carbocycles. The number of fused-ring (bicyclic) bond motifs is 1. The van der Waals surface area contributed by atoms with Crippen molar-refractivity contribution in [2.45, 2.75) is 33.2 Å². The van der Waals surface area contributed by atoms with E-state index < -0.39 is 0 Å². The molecule has 130 valence electrons. The van der Waals surface area contributed by atoms with E-state index in [2.05, 4.69) is 35.5 Å². The van der Waals surface area contributed by atoms with Gasteiger partial charge in [-0.3, -0.25) is 4.79 Å².